The van der Waals surface area contributed by atoms with Gasteiger partial charge in [0.25, 0.3) is 0 Å². The topological polar surface area (TPSA) is 38.9 Å². The Morgan fingerprint density at radius 1 is 0.556 bits per heavy atom. The van der Waals surface area contributed by atoms with Crippen LogP contribution in [0.25, 0.3) is 45.1 Å². The van der Waals surface area contributed by atoms with Crippen LogP contribution in [-0.4, -0.2) is 9.97 Å². The molecule has 0 aliphatic carbocycles. The van der Waals surface area contributed by atoms with Gasteiger partial charge in [-0.05, 0) is 23.8 Å². The molecule has 3 aromatic carbocycles. The van der Waals surface area contributed by atoms with E-state index in [1.54, 1.807) is 0 Å². The van der Waals surface area contributed by atoms with Crippen LogP contribution in [0.2, 0.25) is 0 Å². The SMILES string of the molecule is c1ccc(-c2cc(-c3ccccc3)c3nc(-c4ccccc4)oc3n2)cc1. The zero-order valence-electron chi connectivity index (χ0n) is 14.5. The highest BCUT2D eigenvalue weighted by atomic mass is 16.4. The van der Waals surface area contributed by atoms with Crippen LogP contribution in [0.5, 0.6) is 0 Å². The van der Waals surface area contributed by atoms with Crippen molar-refractivity contribution in [3.8, 4) is 33.8 Å². The van der Waals surface area contributed by atoms with Crippen molar-refractivity contribution in [3.05, 3.63) is 97.1 Å². The van der Waals surface area contributed by atoms with Crippen molar-refractivity contribution in [2.75, 3.05) is 0 Å². The summed E-state index contributed by atoms with van der Waals surface area (Å²) in [6, 6.07) is 32.4. The van der Waals surface area contributed by atoms with E-state index in [0.29, 0.717) is 11.6 Å². The second-order valence-corrected chi connectivity index (χ2v) is 6.33. The number of oxazole rings is 1. The highest BCUT2D eigenvalue weighted by Gasteiger charge is 2.16. The summed E-state index contributed by atoms with van der Waals surface area (Å²) in [6.07, 6.45) is 0. The van der Waals surface area contributed by atoms with Gasteiger partial charge in [0.15, 0.2) is 0 Å². The number of hydrogen-bond acceptors (Lipinski definition) is 3. The molecular weight excluding hydrogens is 332 g/mol. The first kappa shape index (κ1) is 15.5. The van der Waals surface area contributed by atoms with E-state index < -0.39 is 0 Å². The number of pyridine rings is 1. The minimum Gasteiger partial charge on any atom is -0.418 e. The quantitative estimate of drug-likeness (QED) is 0.388. The summed E-state index contributed by atoms with van der Waals surface area (Å²) in [7, 11) is 0. The molecule has 5 rings (SSSR count). The van der Waals surface area contributed by atoms with E-state index in [1.165, 1.54) is 0 Å². The summed E-state index contributed by atoms with van der Waals surface area (Å²) >= 11 is 0. The number of hydrogen-bond donors (Lipinski definition) is 0. The minimum atomic E-state index is 0.550. The maximum absolute atomic E-state index is 6.06. The second-order valence-electron chi connectivity index (χ2n) is 6.33. The average molecular weight is 348 g/mol. The lowest BCUT2D eigenvalue weighted by molar-refractivity contribution is 0.608. The Morgan fingerprint density at radius 3 is 1.74 bits per heavy atom. The predicted molar refractivity (Wildman–Crippen MR) is 108 cm³/mol. The molecule has 128 valence electrons. The maximum atomic E-state index is 6.06. The van der Waals surface area contributed by atoms with Gasteiger partial charge in [0, 0.05) is 16.7 Å². The third kappa shape index (κ3) is 2.89. The number of nitrogens with zero attached hydrogens (tertiary/aromatic N) is 2. The first-order valence-electron chi connectivity index (χ1n) is 8.86. The van der Waals surface area contributed by atoms with E-state index in [4.69, 9.17) is 14.4 Å². The van der Waals surface area contributed by atoms with Crippen molar-refractivity contribution >= 4 is 11.2 Å². The largest absolute Gasteiger partial charge is 0.418 e. The maximum Gasteiger partial charge on any atom is 0.248 e. The Kier molecular flexibility index (Phi) is 3.76. The molecule has 0 bridgehead atoms. The molecule has 0 spiro atoms. The van der Waals surface area contributed by atoms with Crippen LogP contribution < -0.4 is 0 Å². The molecule has 27 heavy (non-hydrogen) atoms. The number of fused-ring (bicyclic) bond motifs is 1. The van der Waals surface area contributed by atoms with Crippen LogP contribution >= 0.6 is 0 Å². The molecular formula is C24H16N2O. The van der Waals surface area contributed by atoms with Gasteiger partial charge in [-0.3, -0.25) is 0 Å². The molecule has 0 fully saturated rings. The molecule has 3 heteroatoms. The molecule has 0 aliphatic heterocycles. The van der Waals surface area contributed by atoms with Gasteiger partial charge in [0.2, 0.25) is 11.6 Å². The van der Waals surface area contributed by atoms with Gasteiger partial charge in [0.1, 0.15) is 5.52 Å². The van der Waals surface area contributed by atoms with Crippen molar-refractivity contribution < 1.29 is 4.42 Å². The fourth-order valence-corrected chi connectivity index (χ4v) is 3.21. The van der Waals surface area contributed by atoms with E-state index in [-0.39, 0.29) is 0 Å². The fraction of sp³-hybridized carbons (Fsp3) is 0. The summed E-state index contributed by atoms with van der Waals surface area (Å²) in [6.45, 7) is 0. The summed E-state index contributed by atoms with van der Waals surface area (Å²) < 4.78 is 6.06. The first-order chi connectivity index (χ1) is 13.4. The van der Waals surface area contributed by atoms with Crippen LogP contribution in [0.1, 0.15) is 0 Å². The molecule has 0 amide bonds. The van der Waals surface area contributed by atoms with Crippen LogP contribution in [0.3, 0.4) is 0 Å². The standard InChI is InChI=1S/C24H16N2O/c1-4-10-17(11-5-1)20-16-21(18-12-6-2-7-13-18)25-24-22(20)26-23(27-24)19-14-8-3-9-15-19/h1-16H. The normalized spacial score (nSPS) is 11.0. The molecule has 0 aliphatic rings. The zero-order valence-corrected chi connectivity index (χ0v) is 14.5. The Labute approximate surface area is 157 Å². The van der Waals surface area contributed by atoms with Crippen molar-refractivity contribution in [2.24, 2.45) is 0 Å². The Bertz CT molecular complexity index is 1200. The molecule has 0 saturated carbocycles. The first-order valence-corrected chi connectivity index (χ1v) is 8.86. The smallest absolute Gasteiger partial charge is 0.248 e. The number of rotatable bonds is 3. The molecule has 0 unspecified atom stereocenters. The summed E-state index contributed by atoms with van der Waals surface area (Å²) in [5, 5.41) is 0. The zero-order chi connectivity index (χ0) is 18.1. The van der Waals surface area contributed by atoms with Gasteiger partial charge < -0.3 is 4.42 Å². The van der Waals surface area contributed by atoms with Gasteiger partial charge in [0.05, 0.1) is 5.69 Å². The molecule has 5 aromatic rings. The van der Waals surface area contributed by atoms with Gasteiger partial charge in [-0.25, -0.2) is 9.97 Å². The van der Waals surface area contributed by atoms with E-state index in [0.717, 1.165) is 33.5 Å². The lowest BCUT2D eigenvalue weighted by Crippen LogP contribution is -1.88. The highest BCUT2D eigenvalue weighted by Crippen LogP contribution is 2.34. The van der Waals surface area contributed by atoms with Crippen molar-refractivity contribution in [3.63, 3.8) is 0 Å². The van der Waals surface area contributed by atoms with Crippen LogP contribution in [0.15, 0.2) is 101 Å². The average Bonchev–Trinajstić information content (AvgIpc) is 3.19. The lowest BCUT2D eigenvalue weighted by atomic mass is 10.0. The molecule has 2 heterocycles. The fourth-order valence-electron chi connectivity index (χ4n) is 3.21. The molecule has 3 nitrogen and oxygen atoms in total. The summed E-state index contributed by atoms with van der Waals surface area (Å²) in [5.74, 6) is 0.584. The molecule has 0 atom stereocenters. The van der Waals surface area contributed by atoms with E-state index >= 15 is 0 Å². The Morgan fingerprint density at radius 2 is 1.11 bits per heavy atom. The molecule has 2 aromatic heterocycles. The van der Waals surface area contributed by atoms with Gasteiger partial charge in [-0.1, -0.05) is 78.9 Å². The minimum absolute atomic E-state index is 0.550. The van der Waals surface area contributed by atoms with E-state index in [1.807, 2.05) is 66.7 Å². The van der Waals surface area contributed by atoms with E-state index in [2.05, 4.69) is 30.3 Å². The third-order valence-corrected chi connectivity index (χ3v) is 4.54. The monoisotopic (exact) mass is 348 g/mol. The predicted octanol–water partition coefficient (Wildman–Crippen LogP) is 6.22. The van der Waals surface area contributed by atoms with Crippen LogP contribution in [0.4, 0.5) is 0 Å². The third-order valence-electron chi connectivity index (χ3n) is 4.54. The molecule has 0 radical (unpaired) electrons. The molecule has 0 saturated heterocycles. The molecule has 0 N–H and O–H groups in total. The number of aromatic nitrogens is 2. The van der Waals surface area contributed by atoms with Gasteiger partial charge in [-0.15, -0.1) is 0 Å². The Balaban J connectivity index is 1.78. The van der Waals surface area contributed by atoms with Gasteiger partial charge >= 0.3 is 0 Å². The lowest BCUT2D eigenvalue weighted by Gasteiger charge is -2.06. The highest BCUT2D eigenvalue weighted by molar-refractivity contribution is 5.92. The van der Waals surface area contributed by atoms with Crippen molar-refractivity contribution in [1.82, 2.24) is 9.97 Å². The van der Waals surface area contributed by atoms with Crippen molar-refractivity contribution in [2.45, 2.75) is 0 Å². The second kappa shape index (κ2) is 6.54. The number of benzene rings is 3. The summed E-state index contributed by atoms with van der Waals surface area (Å²) in [5.41, 5.74) is 6.30. The van der Waals surface area contributed by atoms with Crippen LogP contribution in [0, 0.1) is 0 Å². The van der Waals surface area contributed by atoms with E-state index in [9.17, 15) is 0 Å². The van der Waals surface area contributed by atoms with Crippen molar-refractivity contribution in [1.29, 1.82) is 0 Å². The van der Waals surface area contributed by atoms with Gasteiger partial charge in [-0.2, -0.15) is 0 Å². The Hall–Kier alpha value is -3.72. The van der Waals surface area contributed by atoms with Crippen LogP contribution in [-0.2, 0) is 0 Å². The summed E-state index contributed by atoms with van der Waals surface area (Å²) in [4.78, 5) is 9.51.